The van der Waals surface area contributed by atoms with Crippen molar-refractivity contribution in [2.75, 3.05) is 30.0 Å². The summed E-state index contributed by atoms with van der Waals surface area (Å²) in [4.78, 5) is 26.6. The van der Waals surface area contributed by atoms with Gasteiger partial charge < -0.3 is 19.7 Å². The van der Waals surface area contributed by atoms with Gasteiger partial charge in [-0.25, -0.2) is 0 Å². The number of halogens is 2. The molecule has 2 aromatic carbocycles. The third-order valence-electron chi connectivity index (χ3n) is 4.52. The highest BCUT2D eigenvalue weighted by molar-refractivity contribution is 6.42. The Labute approximate surface area is 165 Å². The van der Waals surface area contributed by atoms with Crippen LogP contribution in [0.15, 0.2) is 36.4 Å². The second-order valence-electron chi connectivity index (χ2n) is 6.35. The molecule has 0 radical (unpaired) electrons. The summed E-state index contributed by atoms with van der Waals surface area (Å²) in [6.07, 6.45) is 0.140. The molecule has 0 spiro atoms. The lowest BCUT2D eigenvalue weighted by atomic mass is 10.1. The lowest BCUT2D eigenvalue weighted by molar-refractivity contribution is -0.122. The normalized spacial score (nSPS) is 18.5. The second kappa shape index (κ2) is 7.29. The van der Waals surface area contributed by atoms with E-state index in [0.29, 0.717) is 52.7 Å². The van der Waals surface area contributed by atoms with E-state index in [-0.39, 0.29) is 18.2 Å². The first-order valence-electron chi connectivity index (χ1n) is 8.47. The molecular weight excluding hydrogens is 391 g/mol. The first-order valence-corrected chi connectivity index (χ1v) is 9.23. The van der Waals surface area contributed by atoms with Gasteiger partial charge in [0.1, 0.15) is 13.2 Å². The summed E-state index contributed by atoms with van der Waals surface area (Å²) in [7, 11) is 0. The number of ether oxygens (including phenoxy) is 2. The Morgan fingerprint density at radius 1 is 1.04 bits per heavy atom. The number of hydrogen-bond donors (Lipinski definition) is 1. The molecule has 2 aromatic rings. The summed E-state index contributed by atoms with van der Waals surface area (Å²) >= 11 is 11.9. The van der Waals surface area contributed by atoms with Gasteiger partial charge in [-0.15, -0.1) is 0 Å². The van der Waals surface area contributed by atoms with E-state index in [9.17, 15) is 9.59 Å². The summed E-state index contributed by atoms with van der Waals surface area (Å²) in [5.41, 5.74) is 1.23. The molecule has 2 amide bonds. The van der Waals surface area contributed by atoms with Gasteiger partial charge in [-0.2, -0.15) is 0 Å². The molecule has 2 heterocycles. The smallest absolute Gasteiger partial charge is 0.229 e. The lowest BCUT2D eigenvalue weighted by Crippen LogP contribution is -2.28. The van der Waals surface area contributed by atoms with Crippen LogP contribution in [0.5, 0.6) is 11.5 Å². The van der Waals surface area contributed by atoms with Crippen LogP contribution in [0.25, 0.3) is 0 Å². The van der Waals surface area contributed by atoms with Gasteiger partial charge in [0.05, 0.1) is 16.0 Å². The van der Waals surface area contributed by atoms with Gasteiger partial charge in [0, 0.05) is 30.4 Å². The van der Waals surface area contributed by atoms with Crippen LogP contribution >= 0.6 is 23.2 Å². The van der Waals surface area contributed by atoms with Crippen LogP contribution in [0.3, 0.4) is 0 Å². The summed E-state index contributed by atoms with van der Waals surface area (Å²) in [6.45, 7) is 1.27. The highest BCUT2D eigenvalue weighted by Gasteiger charge is 2.35. The van der Waals surface area contributed by atoms with E-state index in [1.807, 2.05) is 0 Å². The molecule has 2 aliphatic heterocycles. The summed E-state index contributed by atoms with van der Waals surface area (Å²) < 4.78 is 11.1. The van der Waals surface area contributed by atoms with Gasteiger partial charge in [-0.3, -0.25) is 9.59 Å². The number of amides is 2. The van der Waals surface area contributed by atoms with Crippen molar-refractivity contribution in [3.63, 3.8) is 0 Å². The highest BCUT2D eigenvalue weighted by Crippen LogP contribution is 2.36. The summed E-state index contributed by atoms with van der Waals surface area (Å²) in [5, 5.41) is 3.56. The largest absolute Gasteiger partial charge is 0.486 e. The van der Waals surface area contributed by atoms with Crippen LogP contribution in [-0.2, 0) is 9.59 Å². The molecule has 8 heteroatoms. The second-order valence-corrected chi connectivity index (χ2v) is 7.17. The molecular formula is C19H16Cl2N2O4. The van der Waals surface area contributed by atoms with Gasteiger partial charge in [0.25, 0.3) is 0 Å². The van der Waals surface area contributed by atoms with E-state index in [2.05, 4.69) is 5.32 Å². The number of fused-ring (bicyclic) bond motifs is 1. The van der Waals surface area contributed by atoms with Gasteiger partial charge in [-0.05, 0) is 30.3 Å². The van der Waals surface area contributed by atoms with Crippen molar-refractivity contribution in [1.82, 2.24) is 0 Å². The molecule has 0 bridgehead atoms. The number of nitrogens with one attached hydrogen (secondary N) is 1. The maximum atomic E-state index is 12.6. The number of benzene rings is 2. The maximum Gasteiger partial charge on any atom is 0.229 e. The Bertz CT molecular complexity index is 919. The first-order chi connectivity index (χ1) is 13.0. The van der Waals surface area contributed by atoms with Crippen LogP contribution < -0.4 is 19.7 Å². The topological polar surface area (TPSA) is 67.9 Å². The van der Waals surface area contributed by atoms with Crippen molar-refractivity contribution < 1.29 is 19.1 Å². The molecule has 1 saturated heterocycles. The SMILES string of the molecule is O=C(Nc1ccc(Cl)c(Cl)c1)C1CC(=O)N(c2ccc3c(c2)OCCO3)C1. The summed E-state index contributed by atoms with van der Waals surface area (Å²) in [5.74, 6) is 0.462. The number of carbonyl (C=O) groups excluding carboxylic acids is 2. The number of anilines is 2. The molecule has 1 N–H and O–H groups in total. The predicted octanol–water partition coefficient (Wildman–Crippen LogP) is 3.76. The van der Waals surface area contributed by atoms with Gasteiger partial charge in [0.2, 0.25) is 11.8 Å². The zero-order chi connectivity index (χ0) is 19.0. The molecule has 2 aliphatic rings. The van der Waals surface area contributed by atoms with E-state index in [1.165, 1.54) is 0 Å². The van der Waals surface area contributed by atoms with Crippen molar-refractivity contribution in [3.05, 3.63) is 46.4 Å². The standard InChI is InChI=1S/C19H16Cl2N2O4/c20-14-3-1-12(8-15(14)21)22-19(25)11-7-18(24)23(10-11)13-2-4-16-17(9-13)27-6-5-26-16/h1-4,8-9,11H,5-7,10H2,(H,22,25). The van der Waals surface area contributed by atoms with Gasteiger partial charge >= 0.3 is 0 Å². The van der Waals surface area contributed by atoms with Crippen LogP contribution in [0.4, 0.5) is 11.4 Å². The van der Waals surface area contributed by atoms with Crippen LogP contribution in [0.1, 0.15) is 6.42 Å². The Morgan fingerprint density at radius 3 is 2.59 bits per heavy atom. The first kappa shape index (κ1) is 17.9. The molecule has 0 saturated carbocycles. The molecule has 4 rings (SSSR count). The fourth-order valence-corrected chi connectivity index (χ4v) is 3.45. The molecule has 1 atom stereocenters. The Kier molecular flexibility index (Phi) is 4.85. The molecule has 1 unspecified atom stereocenters. The zero-order valence-electron chi connectivity index (χ0n) is 14.2. The molecule has 6 nitrogen and oxygen atoms in total. The molecule has 0 aliphatic carbocycles. The Morgan fingerprint density at radius 2 is 1.81 bits per heavy atom. The average molecular weight is 407 g/mol. The lowest BCUT2D eigenvalue weighted by Gasteiger charge is -2.22. The van der Waals surface area contributed by atoms with Crippen molar-refractivity contribution in [2.24, 2.45) is 5.92 Å². The van der Waals surface area contributed by atoms with E-state index < -0.39 is 5.92 Å². The zero-order valence-corrected chi connectivity index (χ0v) is 15.7. The Hall–Kier alpha value is -2.44. The van der Waals surface area contributed by atoms with E-state index >= 15 is 0 Å². The minimum atomic E-state index is -0.458. The van der Waals surface area contributed by atoms with Crippen LogP contribution in [0, 0.1) is 5.92 Å². The van der Waals surface area contributed by atoms with Gasteiger partial charge in [-0.1, -0.05) is 23.2 Å². The number of rotatable bonds is 3. The fourth-order valence-electron chi connectivity index (χ4n) is 3.15. The van der Waals surface area contributed by atoms with Crippen molar-refractivity contribution in [1.29, 1.82) is 0 Å². The molecule has 27 heavy (non-hydrogen) atoms. The van der Waals surface area contributed by atoms with Crippen LogP contribution in [-0.4, -0.2) is 31.6 Å². The van der Waals surface area contributed by atoms with Crippen molar-refractivity contribution in [3.8, 4) is 11.5 Å². The third kappa shape index (κ3) is 3.68. The third-order valence-corrected chi connectivity index (χ3v) is 5.26. The fraction of sp³-hybridized carbons (Fsp3) is 0.263. The van der Waals surface area contributed by atoms with Crippen molar-refractivity contribution in [2.45, 2.75) is 6.42 Å². The minimum Gasteiger partial charge on any atom is -0.486 e. The quantitative estimate of drug-likeness (QED) is 0.842. The molecule has 140 valence electrons. The van der Waals surface area contributed by atoms with Crippen molar-refractivity contribution >= 4 is 46.4 Å². The Balaban J connectivity index is 1.47. The van der Waals surface area contributed by atoms with E-state index in [0.717, 1.165) is 0 Å². The molecule has 0 aromatic heterocycles. The number of hydrogen-bond acceptors (Lipinski definition) is 4. The van der Waals surface area contributed by atoms with E-state index in [1.54, 1.807) is 41.3 Å². The average Bonchev–Trinajstić information content (AvgIpc) is 3.06. The molecule has 1 fully saturated rings. The van der Waals surface area contributed by atoms with Gasteiger partial charge in [0.15, 0.2) is 11.5 Å². The summed E-state index contributed by atoms with van der Waals surface area (Å²) in [6, 6.07) is 10.2. The van der Waals surface area contributed by atoms with E-state index in [4.69, 9.17) is 32.7 Å². The van der Waals surface area contributed by atoms with Crippen LogP contribution in [0.2, 0.25) is 10.0 Å². The monoisotopic (exact) mass is 406 g/mol. The number of carbonyl (C=O) groups is 2. The predicted molar refractivity (Wildman–Crippen MR) is 103 cm³/mol. The minimum absolute atomic E-state index is 0.110. The number of nitrogens with zero attached hydrogens (tertiary/aromatic N) is 1. The maximum absolute atomic E-state index is 12.6. The highest BCUT2D eigenvalue weighted by atomic mass is 35.5.